The summed E-state index contributed by atoms with van der Waals surface area (Å²) in [5.41, 5.74) is 2.36. The molecule has 0 radical (unpaired) electrons. The van der Waals surface area contributed by atoms with Gasteiger partial charge in [0.25, 0.3) is 11.9 Å². The van der Waals surface area contributed by atoms with Crippen LogP contribution < -0.4 is 35.3 Å². The number of benzene rings is 1. The summed E-state index contributed by atoms with van der Waals surface area (Å²) in [6.45, 7) is 7.71. The summed E-state index contributed by atoms with van der Waals surface area (Å²) in [5, 5.41) is 10.3. The van der Waals surface area contributed by atoms with Crippen LogP contribution in [0, 0.1) is 6.92 Å². The Morgan fingerprint density at radius 3 is 2.50 bits per heavy atom. The molecule has 3 aromatic rings. The summed E-state index contributed by atoms with van der Waals surface area (Å²) >= 11 is 0. The van der Waals surface area contributed by atoms with Crippen LogP contribution in [0.4, 0.5) is 17.3 Å². The van der Waals surface area contributed by atoms with Crippen LogP contribution in [0.15, 0.2) is 28.7 Å². The molecular formula is C23H29N5O5Si. The van der Waals surface area contributed by atoms with Crippen molar-refractivity contribution in [3.8, 4) is 23.5 Å². The molecule has 10 nitrogen and oxygen atoms in total. The maximum Gasteiger partial charge on any atom is 0.291 e. The summed E-state index contributed by atoms with van der Waals surface area (Å²) < 4.78 is 22.3. The molecule has 3 heterocycles. The number of hydrogen-bond acceptors (Lipinski definition) is 9. The number of anilines is 3. The van der Waals surface area contributed by atoms with Gasteiger partial charge in [0.05, 0.1) is 22.3 Å². The van der Waals surface area contributed by atoms with Crippen molar-refractivity contribution in [3.05, 3.63) is 35.6 Å². The van der Waals surface area contributed by atoms with Gasteiger partial charge in [-0.15, -0.1) is 0 Å². The van der Waals surface area contributed by atoms with Crippen molar-refractivity contribution in [2.45, 2.75) is 26.1 Å². The number of furan rings is 1. The Morgan fingerprint density at radius 1 is 1.15 bits per heavy atom. The van der Waals surface area contributed by atoms with Gasteiger partial charge in [-0.05, 0) is 41.9 Å². The Bertz CT molecular complexity index is 1200. The molecule has 0 bridgehead atoms. The lowest BCUT2D eigenvalue weighted by Crippen LogP contribution is -2.47. The van der Waals surface area contributed by atoms with Crippen LogP contribution in [-0.2, 0) is 0 Å². The molecule has 1 aliphatic rings. The first kappa shape index (κ1) is 23.4. The van der Waals surface area contributed by atoms with E-state index in [0.29, 0.717) is 11.7 Å². The lowest BCUT2D eigenvalue weighted by molar-refractivity contribution is 0.0990. The number of rotatable bonds is 7. The number of carbonyl (C=O) groups is 1. The number of ether oxygens (including phenoxy) is 3. The van der Waals surface area contributed by atoms with E-state index in [4.69, 9.17) is 18.6 Å². The van der Waals surface area contributed by atoms with E-state index in [0.717, 1.165) is 12.1 Å². The highest BCUT2D eigenvalue weighted by molar-refractivity contribution is 6.91. The quantitative estimate of drug-likeness (QED) is 0.431. The van der Waals surface area contributed by atoms with E-state index < -0.39 is 14.0 Å². The van der Waals surface area contributed by atoms with Crippen LogP contribution in [0.5, 0.6) is 23.5 Å². The third-order valence-corrected chi connectivity index (χ3v) is 9.19. The normalized spacial score (nSPS) is 13.9. The molecule has 0 saturated carbocycles. The molecule has 0 fully saturated rings. The van der Waals surface area contributed by atoms with E-state index >= 15 is 0 Å². The molecule has 34 heavy (non-hydrogen) atoms. The highest BCUT2D eigenvalue weighted by Gasteiger charge is 2.30. The van der Waals surface area contributed by atoms with E-state index in [2.05, 4.69) is 51.1 Å². The maximum absolute atomic E-state index is 12.9. The van der Waals surface area contributed by atoms with Gasteiger partial charge in [0, 0.05) is 25.3 Å². The van der Waals surface area contributed by atoms with Crippen LogP contribution in [0.25, 0.3) is 0 Å². The van der Waals surface area contributed by atoms with Crippen molar-refractivity contribution < 1.29 is 23.4 Å². The highest BCUT2D eigenvalue weighted by atomic mass is 28.3. The fraction of sp³-hybridized carbons (Fsp3) is 0.348. The summed E-state index contributed by atoms with van der Waals surface area (Å²) in [7, 11) is 3.01. The second kappa shape index (κ2) is 9.25. The van der Waals surface area contributed by atoms with Crippen molar-refractivity contribution >= 4 is 36.5 Å². The Morgan fingerprint density at radius 2 is 1.85 bits per heavy atom. The molecule has 1 amide bonds. The van der Waals surface area contributed by atoms with Crippen molar-refractivity contribution in [1.82, 2.24) is 9.97 Å². The van der Waals surface area contributed by atoms with E-state index in [9.17, 15) is 4.79 Å². The van der Waals surface area contributed by atoms with Crippen LogP contribution in [0.1, 0.15) is 16.1 Å². The predicted octanol–water partition coefficient (Wildman–Crippen LogP) is 3.82. The summed E-state index contributed by atoms with van der Waals surface area (Å²) in [6, 6.07) is 8.54. The number of aryl methyl sites for hydroxylation is 1. The summed E-state index contributed by atoms with van der Waals surface area (Å²) in [4.78, 5) is 21.2. The van der Waals surface area contributed by atoms with Gasteiger partial charge in [-0.3, -0.25) is 4.79 Å². The monoisotopic (exact) mass is 483 g/mol. The van der Waals surface area contributed by atoms with E-state index in [1.54, 1.807) is 19.2 Å². The van der Waals surface area contributed by atoms with Gasteiger partial charge in [-0.1, -0.05) is 13.1 Å². The molecule has 180 valence electrons. The smallest absolute Gasteiger partial charge is 0.291 e. The molecule has 1 aromatic carbocycles. The van der Waals surface area contributed by atoms with Gasteiger partial charge < -0.3 is 34.6 Å². The standard InChI is InChI=1S/C23H29N5O5Si/c1-13-11-14-17(34(5,6)10-9-25-14)12-16(13)33-18-8-7-15(32-18)20(29)26-19-21(30-3)27-23(24-2)28-22(19)31-4/h7-8,11-12,25H,9-10H2,1-6H3,(H,26,29)(H,24,27,28). The second-order valence-corrected chi connectivity index (χ2v) is 13.4. The average molecular weight is 484 g/mol. The van der Waals surface area contributed by atoms with Crippen molar-refractivity contribution in [1.29, 1.82) is 0 Å². The molecule has 4 rings (SSSR count). The molecule has 0 unspecified atom stereocenters. The Labute approximate surface area is 199 Å². The van der Waals surface area contributed by atoms with Crippen LogP contribution >= 0.6 is 0 Å². The molecule has 2 aromatic heterocycles. The third kappa shape index (κ3) is 4.51. The zero-order valence-corrected chi connectivity index (χ0v) is 21.2. The summed E-state index contributed by atoms with van der Waals surface area (Å²) in [6.07, 6.45) is 0. The number of amides is 1. The molecule has 1 aliphatic heterocycles. The molecule has 0 spiro atoms. The van der Waals surface area contributed by atoms with E-state index in [1.165, 1.54) is 31.1 Å². The number of carbonyl (C=O) groups excluding carboxylic acids is 1. The minimum Gasteiger partial charge on any atom is -0.479 e. The number of hydrogen-bond donors (Lipinski definition) is 3. The number of fused-ring (bicyclic) bond motifs is 1. The Hall–Kier alpha value is -3.73. The van der Waals surface area contributed by atoms with Crippen molar-refractivity contribution in [3.63, 3.8) is 0 Å². The summed E-state index contributed by atoms with van der Waals surface area (Å²) in [5.74, 6) is 1.06. The van der Waals surface area contributed by atoms with Gasteiger partial charge in [0.1, 0.15) is 5.75 Å². The molecule has 0 saturated heterocycles. The van der Waals surface area contributed by atoms with E-state index in [-0.39, 0.29) is 29.2 Å². The highest BCUT2D eigenvalue weighted by Crippen LogP contribution is 2.34. The number of aromatic nitrogens is 2. The average Bonchev–Trinajstić information content (AvgIpc) is 3.28. The number of nitrogens with one attached hydrogen (secondary N) is 3. The molecular weight excluding hydrogens is 454 g/mol. The van der Waals surface area contributed by atoms with Crippen LogP contribution in [-0.4, -0.2) is 51.8 Å². The zero-order valence-electron chi connectivity index (χ0n) is 20.2. The van der Waals surface area contributed by atoms with Gasteiger partial charge in [0.2, 0.25) is 17.7 Å². The Kier molecular flexibility index (Phi) is 6.38. The Balaban J connectivity index is 1.56. The van der Waals surface area contributed by atoms with Crippen LogP contribution in [0.2, 0.25) is 19.1 Å². The van der Waals surface area contributed by atoms with Gasteiger partial charge in [-0.2, -0.15) is 9.97 Å². The van der Waals surface area contributed by atoms with Gasteiger partial charge in [-0.25, -0.2) is 0 Å². The first-order valence-electron chi connectivity index (χ1n) is 10.9. The molecule has 0 atom stereocenters. The minimum absolute atomic E-state index is 0.0591. The molecule has 11 heteroatoms. The predicted molar refractivity (Wildman–Crippen MR) is 133 cm³/mol. The fourth-order valence-electron chi connectivity index (χ4n) is 3.86. The first-order valence-corrected chi connectivity index (χ1v) is 14.1. The SMILES string of the molecule is CNc1nc(OC)c(NC(=O)c2ccc(Oc3cc4c(cc3C)NCC[Si]4(C)C)o2)c(OC)n1. The third-order valence-electron chi connectivity index (χ3n) is 5.82. The van der Waals surface area contributed by atoms with E-state index in [1.807, 2.05) is 6.92 Å². The lowest BCUT2D eigenvalue weighted by atomic mass is 10.2. The minimum atomic E-state index is -1.54. The fourth-order valence-corrected chi connectivity index (χ4v) is 6.29. The number of nitrogens with zero attached hydrogens (tertiary/aromatic N) is 2. The number of methoxy groups -OCH3 is 2. The van der Waals surface area contributed by atoms with Crippen molar-refractivity contribution in [2.24, 2.45) is 0 Å². The van der Waals surface area contributed by atoms with Crippen molar-refractivity contribution in [2.75, 3.05) is 43.8 Å². The van der Waals surface area contributed by atoms with Gasteiger partial charge in [0.15, 0.2) is 11.4 Å². The van der Waals surface area contributed by atoms with Crippen LogP contribution in [0.3, 0.4) is 0 Å². The molecule has 3 N–H and O–H groups in total. The lowest BCUT2D eigenvalue weighted by Gasteiger charge is -2.32. The second-order valence-electron chi connectivity index (χ2n) is 8.59. The van der Waals surface area contributed by atoms with Gasteiger partial charge >= 0.3 is 0 Å². The molecule has 0 aliphatic carbocycles. The maximum atomic E-state index is 12.9. The zero-order chi connectivity index (χ0) is 24.5. The largest absolute Gasteiger partial charge is 0.479 e. The first-order chi connectivity index (χ1) is 16.2. The topological polar surface area (TPSA) is 120 Å².